The Morgan fingerprint density at radius 3 is 2.75 bits per heavy atom. The normalized spacial score (nSPS) is 11.4. The highest BCUT2D eigenvalue weighted by molar-refractivity contribution is 7.26. The van der Waals surface area contributed by atoms with Crippen molar-refractivity contribution in [3.8, 4) is 0 Å². The van der Waals surface area contributed by atoms with Crippen LogP contribution in [0.4, 0.5) is 4.39 Å². The molecule has 0 amide bonds. The largest absolute Gasteiger partial charge is 0.243 e. The van der Waals surface area contributed by atoms with Crippen molar-refractivity contribution in [2.75, 3.05) is 0 Å². The smallest absolute Gasteiger partial charge is 0.146 e. The Labute approximate surface area is 100 Å². The Kier molecular flexibility index (Phi) is 2.13. The number of nitrogens with zero attached hydrogens (tertiary/aromatic N) is 1. The van der Waals surface area contributed by atoms with E-state index in [9.17, 15) is 4.39 Å². The van der Waals surface area contributed by atoms with Crippen LogP contribution in [-0.4, -0.2) is 4.98 Å². The van der Waals surface area contributed by atoms with Crippen molar-refractivity contribution in [3.63, 3.8) is 0 Å². The lowest BCUT2D eigenvalue weighted by molar-refractivity contribution is 0.621. The Morgan fingerprint density at radius 2 is 1.94 bits per heavy atom. The van der Waals surface area contributed by atoms with Gasteiger partial charge in [0, 0.05) is 27.2 Å². The number of hydrogen-bond donors (Lipinski definition) is 0. The summed E-state index contributed by atoms with van der Waals surface area (Å²) in [5, 5.41) is 2.57. The minimum Gasteiger partial charge on any atom is -0.243 e. The molecular weight excluding hydrogens is 245 g/mol. The third-order valence-electron chi connectivity index (χ3n) is 2.70. The molecule has 0 aliphatic carbocycles. The summed E-state index contributed by atoms with van der Waals surface area (Å²) >= 11 is 7.52. The second-order valence-corrected chi connectivity index (χ2v) is 5.01. The first-order valence-electron chi connectivity index (χ1n) is 4.80. The van der Waals surface area contributed by atoms with Gasteiger partial charge in [0.1, 0.15) is 11.0 Å². The molecule has 2 heterocycles. The third kappa shape index (κ3) is 1.25. The molecule has 0 aliphatic rings. The number of hydrogen-bond acceptors (Lipinski definition) is 2. The second kappa shape index (κ2) is 3.40. The Morgan fingerprint density at radius 1 is 1.19 bits per heavy atom. The van der Waals surface area contributed by atoms with E-state index in [1.165, 1.54) is 17.4 Å². The standard InChI is InChI=1S/C12H7ClFNS/c1-6-9(14)3-2-7-8-4-5-15-12(13)11(8)16-10(6)7/h2-5H,1H3. The molecule has 0 atom stereocenters. The first kappa shape index (κ1) is 10.00. The molecule has 1 nitrogen and oxygen atoms in total. The van der Waals surface area contributed by atoms with E-state index in [2.05, 4.69) is 4.98 Å². The molecule has 0 bridgehead atoms. The fourth-order valence-corrected chi connectivity index (χ4v) is 3.29. The van der Waals surface area contributed by atoms with Crippen molar-refractivity contribution >= 4 is 43.1 Å². The zero-order valence-corrected chi connectivity index (χ0v) is 9.99. The fourth-order valence-electron chi connectivity index (χ4n) is 1.85. The molecule has 0 fully saturated rings. The van der Waals surface area contributed by atoms with Crippen LogP contribution in [-0.2, 0) is 0 Å². The van der Waals surface area contributed by atoms with E-state index in [0.29, 0.717) is 10.7 Å². The lowest BCUT2D eigenvalue weighted by atomic mass is 10.1. The summed E-state index contributed by atoms with van der Waals surface area (Å²) < 4.78 is 15.3. The molecule has 80 valence electrons. The number of thiophene rings is 1. The molecule has 16 heavy (non-hydrogen) atoms. The van der Waals surface area contributed by atoms with Crippen LogP contribution in [0.1, 0.15) is 5.56 Å². The molecule has 0 aliphatic heterocycles. The number of rotatable bonds is 0. The van der Waals surface area contributed by atoms with Gasteiger partial charge >= 0.3 is 0 Å². The van der Waals surface area contributed by atoms with E-state index in [1.807, 2.05) is 6.07 Å². The molecule has 0 unspecified atom stereocenters. The Bertz CT molecular complexity index is 705. The van der Waals surface area contributed by atoms with Crippen LogP contribution in [0, 0.1) is 12.7 Å². The van der Waals surface area contributed by atoms with Gasteiger partial charge in [0.2, 0.25) is 0 Å². The van der Waals surface area contributed by atoms with Gasteiger partial charge in [-0.25, -0.2) is 9.37 Å². The monoisotopic (exact) mass is 251 g/mol. The molecule has 4 heteroatoms. The topological polar surface area (TPSA) is 12.9 Å². The second-order valence-electron chi connectivity index (χ2n) is 3.63. The van der Waals surface area contributed by atoms with Crippen molar-refractivity contribution in [2.45, 2.75) is 6.92 Å². The molecule has 0 saturated heterocycles. The molecule has 2 aromatic heterocycles. The molecular formula is C12H7ClFNS. The van der Waals surface area contributed by atoms with Crippen molar-refractivity contribution in [1.29, 1.82) is 0 Å². The molecule has 0 radical (unpaired) electrons. The average Bonchev–Trinajstić information content (AvgIpc) is 2.65. The van der Waals surface area contributed by atoms with Crippen molar-refractivity contribution in [2.24, 2.45) is 0 Å². The highest BCUT2D eigenvalue weighted by Crippen LogP contribution is 2.38. The summed E-state index contributed by atoms with van der Waals surface area (Å²) in [6, 6.07) is 5.21. The number of halogens is 2. The zero-order chi connectivity index (χ0) is 11.3. The van der Waals surface area contributed by atoms with Crippen molar-refractivity contribution < 1.29 is 4.39 Å². The molecule has 0 N–H and O–H groups in total. The van der Waals surface area contributed by atoms with E-state index in [-0.39, 0.29) is 5.82 Å². The summed E-state index contributed by atoms with van der Waals surface area (Å²) in [7, 11) is 0. The number of pyridine rings is 1. The van der Waals surface area contributed by atoms with Crippen LogP contribution < -0.4 is 0 Å². The van der Waals surface area contributed by atoms with Crippen LogP contribution in [0.25, 0.3) is 20.2 Å². The van der Waals surface area contributed by atoms with Crippen LogP contribution in [0.2, 0.25) is 5.15 Å². The summed E-state index contributed by atoms with van der Waals surface area (Å²) in [6.07, 6.45) is 1.68. The summed E-state index contributed by atoms with van der Waals surface area (Å²) in [5.41, 5.74) is 0.676. The van der Waals surface area contributed by atoms with Gasteiger partial charge in [0.15, 0.2) is 0 Å². The van der Waals surface area contributed by atoms with Gasteiger partial charge in [-0.3, -0.25) is 0 Å². The van der Waals surface area contributed by atoms with Gasteiger partial charge in [0.05, 0.1) is 4.70 Å². The van der Waals surface area contributed by atoms with Gasteiger partial charge in [-0.1, -0.05) is 11.6 Å². The maximum absolute atomic E-state index is 13.4. The first-order valence-corrected chi connectivity index (χ1v) is 6.00. The Hall–Kier alpha value is -1.19. The summed E-state index contributed by atoms with van der Waals surface area (Å²) in [4.78, 5) is 4.04. The van der Waals surface area contributed by atoms with Gasteiger partial charge in [0.25, 0.3) is 0 Å². The SMILES string of the molecule is Cc1c(F)ccc2c1sc1c(Cl)nccc12. The van der Waals surface area contributed by atoms with Crippen molar-refractivity contribution in [1.82, 2.24) is 4.98 Å². The van der Waals surface area contributed by atoms with Crippen molar-refractivity contribution in [3.05, 3.63) is 40.9 Å². The number of aryl methyl sites for hydroxylation is 1. The average molecular weight is 252 g/mol. The number of benzene rings is 1. The predicted octanol–water partition coefficient (Wildman–Crippen LogP) is 4.55. The van der Waals surface area contributed by atoms with Crippen LogP contribution >= 0.6 is 22.9 Å². The highest BCUT2D eigenvalue weighted by atomic mass is 35.5. The molecule has 1 aromatic carbocycles. The highest BCUT2D eigenvalue weighted by Gasteiger charge is 2.11. The van der Waals surface area contributed by atoms with Gasteiger partial charge in [-0.15, -0.1) is 11.3 Å². The van der Waals surface area contributed by atoms with Crippen LogP contribution in [0.5, 0.6) is 0 Å². The van der Waals surface area contributed by atoms with E-state index in [0.717, 1.165) is 20.2 Å². The third-order valence-corrected chi connectivity index (χ3v) is 4.44. The molecule has 3 rings (SSSR count). The van der Waals surface area contributed by atoms with Gasteiger partial charge in [-0.05, 0) is 25.1 Å². The minimum atomic E-state index is -0.178. The van der Waals surface area contributed by atoms with Crippen LogP contribution in [0.3, 0.4) is 0 Å². The summed E-state index contributed by atoms with van der Waals surface area (Å²) in [5.74, 6) is -0.178. The van der Waals surface area contributed by atoms with E-state index < -0.39 is 0 Å². The minimum absolute atomic E-state index is 0.178. The molecule has 0 spiro atoms. The zero-order valence-electron chi connectivity index (χ0n) is 8.42. The lowest BCUT2D eigenvalue weighted by Crippen LogP contribution is -1.80. The predicted molar refractivity (Wildman–Crippen MR) is 66.8 cm³/mol. The van der Waals surface area contributed by atoms with Crippen LogP contribution in [0.15, 0.2) is 24.4 Å². The lowest BCUT2D eigenvalue weighted by Gasteiger charge is -1.96. The molecule has 0 saturated carbocycles. The maximum atomic E-state index is 13.4. The number of fused-ring (bicyclic) bond motifs is 3. The van der Waals surface area contributed by atoms with Gasteiger partial charge in [-0.2, -0.15) is 0 Å². The summed E-state index contributed by atoms with van der Waals surface area (Å²) in [6.45, 7) is 1.79. The Balaban J connectivity index is 2.60. The van der Waals surface area contributed by atoms with Gasteiger partial charge < -0.3 is 0 Å². The van der Waals surface area contributed by atoms with E-state index in [4.69, 9.17) is 11.6 Å². The maximum Gasteiger partial charge on any atom is 0.146 e. The molecule has 3 aromatic rings. The quantitative estimate of drug-likeness (QED) is 0.534. The number of aromatic nitrogens is 1. The first-order chi connectivity index (χ1) is 7.68. The van der Waals surface area contributed by atoms with E-state index >= 15 is 0 Å². The fraction of sp³-hybridized carbons (Fsp3) is 0.0833. The van der Waals surface area contributed by atoms with E-state index in [1.54, 1.807) is 19.2 Å².